The zero-order valence-electron chi connectivity index (χ0n) is 14.8. The molecule has 0 spiro atoms. The van der Waals surface area contributed by atoms with Gasteiger partial charge in [0.1, 0.15) is 12.4 Å². The molecule has 2 saturated heterocycles. The highest BCUT2D eigenvalue weighted by Crippen LogP contribution is 2.35. The highest BCUT2D eigenvalue weighted by molar-refractivity contribution is 6.28. The Hall–Kier alpha value is -1.83. The van der Waals surface area contributed by atoms with Crippen molar-refractivity contribution < 1.29 is 14.2 Å². The highest BCUT2D eigenvalue weighted by atomic mass is 35.5. The van der Waals surface area contributed by atoms with Crippen LogP contribution in [0.1, 0.15) is 12.8 Å². The van der Waals surface area contributed by atoms with E-state index in [0.717, 1.165) is 30.5 Å². The number of hydrogen-bond donors (Lipinski definition) is 1. The van der Waals surface area contributed by atoms with Gasteiger partial charge in [-0.3, -0.25) is 4.90 Å². The highest BCUT2D eigenvalue weighted by Gasteiger charge is 2.21. The molecule has 2 aromatic rings. The molecule has 2 aliphatic heterocycles. The Morgan fingerprint density at radius 2 is 2.04 bits per heavy atom. The molecule has 2 aliphatic rings. The Labute approximate surface area is 157 Å². The van der Waals surface area contributed by atoms with Crippen molar-refractivity contribution in [3.8, 4) is 11.5 Å². The van der Waals surface area contributed by atoms with Crippen LogP contribution in [0.3, 0.4) is 0 Å². The summed E-state index contributed by atoms with van der Waals surface area (Å²) in [7, 11) is 1.64. The molecular formula is C18H23ClN4O3. The van der Waals surface area contributed by atoms with Gasteiger partial charge in [-0.1, -0.05) is 0 Å². The lowest BCUT2D eigenvalue weighted by Gasteiger charge is -2.27. The summed E-state index contributed by atoms with van der Waals surface area (Å²) in [5, 5.41) is 4.40. The van der Waals surface area contributed by atoms with Crippen molar-refractivity contribution in [1.29, 1.82) is 0 Å². The molecule has 3 heterocycles. The summed E-state index contributed by atoms with van der Waals surface area (Å²) in [6.45, 7) is 5.17. The summed E-state index contributed by atoms with van der Waals surface area (Å²) in [5.41, 5.74) is 0.727. The molecule has 0 bridgehead atoms. The summed E-state index contributed by atoms with van der Waals surface area (Å²) in [6.07, 6.45) is 2.55. The van der Waals surface area contributed by atoms with Crippen molar-refractivity contribution in [1.82, 2.24) is 14.9 Å². The topological polar surface area (TPSA) is 68.7 Å². The summed E-state index contributed by atoms with van der Waals surface area (Å²) < 4.78 is 16.7. The maximum Gasteiger partial charge on any atom is 0.224 e. The smallest absolute Gasteiger partial charge is 0.224 e. The second kappa shape index (κ2) is 7.82. The molecule has 1 aromatic heterocycles. The molecule has 26 heavy (non-hydrogen) atoms. The predicted octanol–water partition coefficient (Wildman–Crippen LogP) is 2.58. The monoisotopic (exact) mass is 378 g/mol. The van der Waals surface area contributed by atoms with Crippen molar-refractivity contribution in [2.75, 3.05) is 51.9 Å². The summed E-state index contributed by atoms with van der Waals surface area (Å²) in [4.78, 5) is 11.1. The van der Waals surface area contributed by atoms with Crippen LogP contribution in [0.5, 0.6) is 11.5 Å². The second-order valence-corrected chi connectivity index (χ2v) is 6.98. The molecule has 0 saturated carbocycles. The minimum atomic E-state index is 0.202. The lowest BCUT2D eigenvalue weighted by molar-refractivity contribution is 0.0210. The number of methoxy groups -OCH3 is 1. The molecule has 4 rings (SSSR count). The lowest BCUT2D eigenvalue weighted by Crippen LogP contribution is -2.40. The number of hydrogen-bond acceptors (Lipinski definition) is 7. The average Bonchev–Trinajstić information content (AvgIpc) is 3.10. The first-order chi connectivity index (χ1) is 12.7. The largest absolute Gasteiger partial charge is 0.493 e. The van der Waals surface area contributed by atoms with Gasteiger partial charge in [-0.25, -0.2) is 9.97 Å². The molecule has 1 aromatic carbocycles. The van der Waals surface area contributed by atoms with Crippen molar-refractivity contribution in [3.63, 3.8) is 0 Å². The molecule has 1 N–H and O–H groups in total. The Morgan fingerprint density at radius 3 is 2.73 bits per heavy atom. The number of benzene rings is 1. The van der Waals surface area contributed by atoms with E-state index in [4.69, 9.17) is 25.8 Å². The van der Waals surface area contributed by atoms with Crippen molar-refractivity contribution in [2.24, 2.45) is 0 Å². The minimum absolute atomic E-state index is 0.202. The zero-order valence-corrected chi connectivity index (χ0v) is 15.6. The average molecular weight is 379 g/mol. The van der Waals surface area contributed by atoms with Crippen LogP contribution in [0.25, 0.3) is 10.9 Å². The van der Waals surface area contributed by atoms with Crippen molar-refractivity contribution >= 4 is 28.3 Å². The maximum atomic E-state index is 6.11. The van der Waals surface area contributed by atoms with Gasteiger partial charge in [-0.15, -0.1) is 0 Å². The molecule has 0 unspecified atom stereocenters. The molecule has 7 nitrogen and oxygen atoms in total. The SMILES string of the molecule is COc1cc2c(NC3COC3)nc(Cl)nc2cc1OCCN1CCCC1. The summed E-state index contributed by atoms with van der Waals surface area (Å²) in [6, 6.07) is 4.01. The fraction of sp³-hybridized carbons (Fsp3) is 0.556. The normalized spacial score (nSPS) is 18.1. The number of aromatic nitrogens is 2. The van der Waals surface area contributed by atoms with Gasteiger partial charge in [0, 0.05) is 18.0 Å². The Morgan fingerprint density at radius 1 is 1.23 bits per heavy atom. The van der Waals surface area contributed by atoms with Gasteiger partial charge < -0.3 is 19.5 Å². The fourth-order valence-electron chi connectivity index (χ4n) is 3.29. The number of ether oxygens (including phenoxy) is 3. The van der Waals surface area contributed by atoms with Gasteiger partial charge >= 0.3 is 0 Å². The molecule has 8 heteroatoms. The number of fused-ring (bicyclic) bond motifs is 1. The zero-order chi connectivity index (χ0) is 17.9. The fourth-order valence-corrected chi connectivity index (χ4v) is 3.47. The molecule has 0 atom stereocenters. The third-order valence-electron chi connectivity index (χ3n) is 4.80. The predicted molar refractivity (Wildman–Crippen MR) is 100 cm³/mol. The van der Waals surface area contributed by atoms with Crippen LogP contribution in [0.4, 0.5) is 5.82 Å². The summed E-state index contributed by atoms with van der Waals surface area (Å²) in [5.74, 6) is 2.03. The number of nitrogens with one attached hydrogen (secondary N) is 1. The Balaban J connectivity index is 1.56. The van der Waals surface area contributed by atoms with Crippen LogP contribution in [-0.2, 0) is 4.74 Å². The summed E-state index contributed by atoms with van der Waals surface area (Å²) >= 11 is 6.11. The Kier molecular flexibility index (Phi) is 5.28. The molecule has 140 valence electrons. The second-order valence-electron chi connectivity index (χ2n) is 6.64. The van der Waals surface area contributed by atoms with Gasteiger partial charge in [0.2, 0.25) is 5.28 Å². The maximum absolute atomic E-state index is 6.11. The van der Waals surface area contributed by atoms with E-state index < -0.39 is 0 Å². The molecule has 0 amide bonds. The standard InChI is InChI=1S/C18H23ClN4O3/c1-24-15-8-13-14(9-16(15)26-7-6-23-4-2-3-5-23)21-18(19)22-17(13)20-12-10-25-11-12/h8-9,12H,2-7,10-11H2,1H3,(H,20,21,22). The van der Waals surface area contributed by atoms with Gasteiger partial charge in [-0.2, -0.15) is 0 Å². The third kappa shape index (κ3) is 3.79. The number of nitrogens with zero attached hydrogens (tertiary/aromatic N) is 3. The first-order valence-electron chi connectivity index (χ1n) is 8.97. The van der Waals surface area contributed by atoms with Crippen LogP contribution < -0.4 is 14.8 Å². The first kappa shape index (κ1) is 17.6. The molecular weight excluding hydrogens is 356 g/mol. The third-order valence-corrected chi connectivity index (χ3v) is 4.97. The Bertz CT molecular complexity index is 779. The van der Waals surface area contributed by atoms with E-state index >= 15 is 0 Å². The van der Waals surface area contributed by atoms with E-state index in [9.17, 15) is 0 Å². The number of likely N-dealkylation sites (tertiary alicyclic amines) is 1. The number of rotatable bonds is 7. The molecule has 0 radical (unpaired) electrons. The van der Waals surface area contributed by atoms with Gasteiger partial charge in [0.25, 0.3) is 0 Å². The molecule has 2 fully saturated rings. The van der Waals surface area contributed by atoms with E-state index in [-0.39, 0.29) is 11.3 Å². The first-order valence-corrected chi connectivity index (χ1v) is 9.35. The van der Waals surface area contributed by atoms with Crippen molar-refractivity contribution in [2.45, 2.75) is 18.9 Å². The van der Waals surface area contributed by atoms with E-state index in [1.54, 1.807) is 7.11 Å². The number of anilines is 1. The van der Waals surface area contributed by atoms with E-state index in [0.29, 0.717) is 37.1 Å². The van der Waals surface area contributed by atoms with Crippen molar-refractivity contribution in [3.05, 3.63) is 17.4 Å². The van der Waals surface area contributed by atoms with Crippen LogP contribution in [-0.4, -0.2) is 67.5 Å². The van der Waals surface area contributed by atoms with Gasteiger partial charge in [-0.05, 0) is 43.6 Å². The van der Waals surface area contributed by atoms with Crippen LogP contribution in [0.15, 0.2) is 12.1 Å². The lowest BCUT2D eigenvalue weighted by atomic mass is 10.2. The van der Waals surface area contributed by atoms with E-state index in [2.05, 4.69) is 20.2 Å². The van der Waals surface area contributed by atoms with E-state index in [1.807, 2.05) is 12.1 Å². The van der Waals surface area contributed by atoms with E-state index in [1.165, 1.54) is 12.8 Å². The molecule has 0 aliphatic carbocycles. The van der Waals surface area contributed by atoms with Crippen LogP contribution in [0, 0.1) is 0 Å². The van der Waals surface area contributed by atoms with Crippen LogP contribution >= 0.6 is 11.6 Å². The van der Waals surface area contributed by atoms with Gasteiger partial charge in [0.15, 0.2) is 11.5 Å². The van der Waals surface area contributed by atoms with Gasteiger partial charge in [0.05, 0.1) is 31.9 Å². The minimum Gasteiger partial charge on any atom is -0.493 e. The van der Waals surface area contributed by atoms with Crippen LogP contribution in [0.2, 0.25) is 5.28 Å². The quantitative estimate of drug-likeness (QED) is 0.742. The number of halogens is 1.